The lowest BCUT2D eigenvalue weighted by Crippen LogP contribution is -2.27. The fourth-order valence-electron chi connectivity index (χ4n) is 2.34. The molecule has 1 heterocycles. The number of halogens is 4. The molecule has 0 bridgehead atoms. The Bertz CT molecular complexity index is 525. The van der Waals surface area contributed by atoms with Crippen molar-refractivity contribution in [1.29, 1.82) is 0 Å². The summed E-state index contributed by atoms with van der Waals surface area (Å²) in [7, 11) is 0. The summed E-state index contributed by atoms with van der Waals surface area (Å²) in [6, 6.07) is 2.63. The molecule has 1 atom stereocenters. The standard InChI is InChI=1S/C15H17F4NO/c1-2-20-14(12-8-3-4-9-21-12)10-6-5-7-11(13(10)16)15(17,18)19/h5-8,14,20H,2-4,9H2,1H3. The van der Waals surface area contributed by atoms with Crippen LogP contribution in [0.4, 0.5) is 17.6 Å². The van der Waals surface area contributed by atoms with E-state index in [1.807, 2.05) is 6.92 Å². The van der Waals surface area contributed by atoms with Gasteiger partial charge in [0.1, 0.15) is 11.6 Å². The van der Waals surface area contributed by atoms with E-state index in [0.29, 0.717) is 18.9 Å². The van der Waals surface area contributed by atoms with Crippen LogP contribution in [0, 0.1) is 5.82 Å². The van der Waals surface area contributed by atoms with Crippen LogP contribution < -0.4 is 5.32 Å². The van der Waals surface area contributed by atoms with E-state index in [1.54, 1.807) is 6.08 Å². The number of hydrogen-bond donors (Lipinski definition) is 1. The van der Waals surface area contributed by atoms with Gasteiger partial charge in [0, 0.05) is 5.56 Å². The lowest BCUT2D eigenvalue weighted by Gasteiger charge is -2.26. The number of alkyl halides is 3. The third-order valence-electron chi connectivity index (χ3n) is 3.30. The Morgan fingerprint density at radius 2 is 2.10 bits per heavy atom. The highest BCUT2D eigenvalue weighted by molar-refractivity contribution is 5.34. The second-order valence-electron chi connectivity index (χ2n) is 4.79. The maximum Gasteiger partial charge on any atom is 0.419 e. The van der Waals surface area contributed by atoms with E-state index in [0.717, 1.165) is 18.9 Å². The Morgan fingerprint density at radius 3 is 2.67 bits per heavy atom. The predicted octanol–water partition coefficient (Wildman–Crippen LogP) is 4.19. The molecule has 1 aliphatic rings. The first-order valence-corrected chi connectivity index (χ1v) is 6.87. The van der Waals surface area contributed by atoms with E-state index in [-0.39, 0.29) is 5.56 Å². The molecule has 0 saturated heterocycles. The molecule has 2 rings (SSSR count). The van der Waals surface area contributed by atoms with Crippen molar-refractivity contribution in [3.8, 4) is 0 Å². The summed E-state index contributed by atoms with van der Waals surface area (Å²) >= 11 is 0. The van der Waals surface area contributed by atoms with Gasteiger partial charge in [0.05, 0.1) is 18.2 Å². The van der Waals surface area contributed by atoms with E-state index in [9.17, 15) is 17.6 Å². The topological polar surface area (TPSA) is 21.3 Å². The average Bonchev–Trinajstić information content (AvgIpc) is 2.45. The maximum atomic E-state index is 14.3. The Hall–Kier alpha value is -1.56. The van der Waals surface area contributed by atoms with Crippen molar-refractivity contribution in [2.24, 2.45) is 0 Å². The van der Waals surface area contributed by atoms with Gasteiger partial charge in [0.15, 0.2) is 0 Å². The molecule has 1 aromatic carbocycles. The second kappa shape index (κ2) is 6.47. The number of benzene rings is 1. The Labute approximate surface area is 120 Å². The van der Waals surface area contributed by atoms with Crippen LogP contribution in [-0.4, -0.2) is 13.2 Å². The van der Waals surface area contributed by atoms with Gasteiger partial charge in [-0.3, -0.25) is 0 Å². The summed E-state index contributed by atoms with van der Waals surface area (Å²) in [5, 5.41) is 2.99. The molecule has 0 aromatic heterocycles. The highest BCUT2D eigenvalue weighted by atomic mass is 19.4. The molecule has 6 heteroatoms. The molecule has 116 valence electrons. The molecule has 0 fully saturated rings. The summed E-state index contributed by atoms with van der Waals surface area (Å²) < 4.78 is 58.2. The van der Waals surface area contributed by atoms with Crippen LogP contribution in [0.3, 0.4) is 0 Å². The first-order chi connectivity index (χ1) is 9.95. The first kappa shape index (κ1) is 15.8. The molecular weight excluding hydrogens is 286 g/mol. The van der Waals surface area contributed by atoms with Gasteiger partial charge in [-0.15, -0.1) is 0 Å². The minimum absolute atomic E-state index is 0.0418. The highest BCUT2D eigenvalue weighted by Gasteiger charge is 2.36. The van der Waals surface area contributed by atoms with Crippen LogP contribution in [0.5, 0.6) is 0 Å². The molecule has 0 saturated carbocycles. The van der Waals surface area contributed by atoms with Crippen LogP contribution in [0.1, 0.15) is 36.9 Å². The van der Waals surface area contributed by atoms with Crippen LogP contribution in [0.2, 0.25) is 0 Å². The largest absolute Gasteiger partial charge is 0.496 e. The van der Waals surface area contributed by atoms with Crippen molar-refractivity contribution >= 4 is 0 Å². The predicted molar refractivity (Wildman–Crippen MR) is 71.1 cm³/mol. The van der Waals surface area contributed by atoms with Gasteiger partial charge in [-0.25, -0.2) is 4.39 Å². The number of likely N-dealkylation sites (N-methyl/N-ethyl adjacent to an activating group) is 1. The first-order valence-electron chi connectivity index (χ1n) is 6.87. The molecule has 0 aliphatic carbocycles. The summed E-state index contributed by atoms with van der Waals surface area (Å²) in [5.74, 6) is -0.757. The number of ether oxygens (including phenoxy) is 1. The molecule has 0 spiro atoms. The fraction of sp³-hybridized carbons (Fsp3) is 0.467. The Kier molecular flexibility index (Phi) is 4.88. The van der Waals surface area contributed by atoms with Crippen molar-refractivity contribution in [2.75, 3.05) is 13.2 Å². The van der Waals surface area contributed by atoms with E-state index >= 15 is 0 Å². The number of hydrogen-bond acceptors (Lipinski definition) is 2. The molecule has 1 aromatic rings. The van der Waals surface area contributed by atoms with Gasteiger partial charge in [-0.1, -0.05) is 19.1 Å². The van der Waals surface area contributed by atoms with E-state index in [4.69, 9.17) is 4.74 Å². The molecule has 2 nitrogen and oxygen atoms in total. The normalized spacial score (nSPS) is 17.1. The molecule has 1 unspecified atom stereocenters. The summed E-state index contributed by atoms with van der Waals surface area (Å²) in [4.78, 5) is 0. The van der Waals surface area contributed by atoms with Crippen LogP contribution in [0.25, 0.3) is 0 Å². The zero-order valence-electron chi connectivity index (χ0n) is 11.6. The maximum absolute atomic E-state index is 14.3. The SMILES string of the molecule is CCNC(C1=CCCCO1)c1cccc(C(F)(F)F)c1F. The minimum atomic E-state index is -4.71. The molecule has 0 radical (unpaired) electrons. The van der Waals surface area contributed by atoms with Crippen molar-refractivity contribution in [1.82, 2.24) is 5.32 Å². The molecule has 1 aliphatic heterocycles. The smallest absolute Gasteiger partial charge is 0.419 e. The van der Waals surface area contributed by atoms with E-state index in [2.05, 4.69) is 5.32 Å². The Balaban J connectivity index is 2.43. The van der Waals surface area contributed by atoms with Gasteiger partial charge >= 0.3 is 6.18 Å². The Morgan fingerprint density at radius 1 is 1.33 bits per heavy atom. The van der Waals surface area contributed by atoms with Crippen LogP contribution in [0.15, 0.2) is 30.0 Å². The van der Waals surface area contributed by atoms with E-state index in [1.165, 1.54) is 12.1 Å². The second-order valence-corrected chi connectivity index (χ2v) is 4.79. The molecular formula is C15H17F4NO. The quantitative estimate of drug-likeness (QED) is 0.842. The highest BCUT2D eigenvalue weighted by Crippen LogP contribution is 2.36. The van der Waals surface area contributed by atoms with Crippen molar-refractivity contribution < 1.29 is 22.3 Å². The number of nitrogens with one attached hydrogen (secondary N) is 1. The summed E-state index contributed by atoms with van der Waals surface area (Å²) in [5.41, 5.74) is -1.29. The van der Waals surface area contributed by atoms with Gasteiger partial charge in [-0.05, 0) is 31.5 Å². The van der Waals surface area contributed by atoms with Crippen molar-refractivity contribution in [3.63, 3.8) is 0 Å². The average molecular weight is 303 g/mol. The number of rotatable bonds is 4. The molecule has 1 N–H and O–H groups in total. The number of allylic oxidation sites excluding steroid dienone is 1. The fourth-order valence-corrected chi connectivity index (χ4v) is 2.34. The summed E-state index contributed by atoms with van der Waals surface area (Å²) in [6.07, 6.45) is -1.28. The van der Waals surface area contributed by atoms with Crippen molar-refractivity contribution in [2.45, 2.75) is 32.0 Å². The lowest BCUT2D eigenvalue weighted by molar-refractivity contribution is -0.140. The van der Waals surface area contributed by atoms with Gasteiger partial charge in [0.25, 0.3) is 0 Å². The van der Waals surface area contributed by atoms with E-state index < -0.39 is 23.6 Å². The lowest BCUT2D eigenvalue weighted by atomic mass is 9.99. The van der Waals surface area contributed by atoms with Crippen LogP contribution >= 0.6 is 0 Å². The molecule has 0 amide bonds. The molecule has 21 heavy (non-hydrogen) atoms. The monoisotopic (exact) mass is 303 g/mol. The van der Waals surface area contributed by atoms with Crippen LogP contribution in [-0.2, 0) is 10.9 Å². The van der Waals surface area contributed by atoms with Gasteiger partial charge in [-0.2, -0.15) is 13.2 Å². The zero-order chi connectivity index (χ0) is 15.5. The summed E-state index contributed by atoms with van der Waals surface area (Å²) in [6.45, 7) is 2.79. The minimum Gasteiger partial charge on any atom is -0.496 e. The third kappa shape index (κ3) is 3.56. The zero-order valence-corrected chi connectivity index (χ0v) is 11.6. The van der Waals surface area contributed by atoms with Gasteiger partial charge < -0.3 is 10.1 Å². The van der Waals surface area contributed by atoms with Crippen molar-refractivity contribution in [3.05, 3.63) is 47.0 Å². The third-order valence-corrected chi connectivity index (χ3v) is 3.30. The van der Waals surface area contributed by atoms with Gasteiger partial charge in [0.2, 0.25) is 0 Å².